The van der Waals surface area contributed by atoms with Crippen molar-refractivity contribution in [3.63, 3.8) is 0 Å². The smallest absolute Gasteiger partial charge is 0.406 e. The highest BCUT2D eigenvalue weighted by molar-refractivity contribution is 7.21. The molecule has 5 nitrogen and oxygen atoms in total. The van der Waals surface area contributed by atoms with Crippen LogP contribution in [0.25, 0.3) is 21.5 Å². The molecule has 0 saturated heterocycles. The van der Waals surface area contributed by atoms with Crippen molar-refractivity contribution in [3.8, 4) is 17.0 Å². The van der Waals surface area contributed by atoms with Gasteiger partial charge in [-0.25, -0.2) is 4.98 Å². The third-order valence-electron chi connectivity index (χ3n) is 4.63. The van der Waals surface area contributed by atoms with Gasteiger partial charge >= 0.3 is 12.5 Å². The molecule has 3 N–H and O–H groups in total. The maximum atomic E-state index is 13.8. The van der Waals surface area contributed by atoms with Crippen LogP contribution in [0.5, 0.6) is 5.75 Å². The minimum Gasteiger partial charge on any atom is -0.406 e. The molecule has 0 fully saturated rings. The summed E-state index contributed by atoms with van der Waals surface area (Å²) in [5.41, 5.74) is 5.12. The van der Waals surface area contributed by atoms with E-state index < -0.39 is 40.8 Å². The number of pyridine rings is 1. The lowest BCUT2D eigenvalue weighted by molar-refractivity contribution is -0.274. The number of thiophene rings is 1. The molecule has 34 heavy (non-hydrogen) atoms. The number of aromatic nitrogens is 1. The Morgan fingerprint density at radius 2 is 1.62 bits per heavy atom. The van der Waals surface area contributed by atoms with Gasteiger partial charge < -0.3 is 15.8 Å². The molecule has 0 radical (unpaired) electrons. The molecule has 2 aromatic carbocycles. The molecule has 12 heteroatoms. The highest BCUT2D eigenvalue weighted by Crippen LogP contribution is 2.43. The maximum absolute atomic E-state index is 13.8. The van der Waals surface area contributed by atoms with E-state index in [0.717, 1.165) is 30.3 Å². The number of carbonyl (C=O) groups is 1. The number of nitrogens with one attached hydrogen (secondary N) is 1. The lowest BCUT2D eigenvalue weighted by atomic mass is 10.1. The largest absolute Gasteiger partial charge is 0.573 e. The zero-order chi connectivity index (χ0) is 24.7. The van der Waals surface area contributed by atoms with E-state index in [4.69, 9.17) is 5.73 Å². The molecule has 4 aromatic rings. The normalized spacial score (nSPS) is 12.1. The number of anilines is 2. The molecule has 0 aliphatic heterocycles. The standard InChI is InChI=1S/C22H13F6N3O2S/c23-21(24,25)14-10-15(11-4-2-1-3-5-11)31-20-16(14)17(29)18(34-20)19(32)30-12-6-8-13(9-7-12)33-22(26,27)28/h1-10H,29H2,(H,30,32). The average molecular weight is 497 g/mol. The predicted octanol–water partition coefficient (Wildman–Crippen LogP) is 6.72. The number of halogens is 6. The zero-order valence-corrected chi connectivity index (χ0v) is 17.6. The molecule has 0 saturated carbocycles. The summed E-state index contributed by atoms with van der Waals surface area (Å²) in [7, 11) is 0. The van der Waals surface area contributed by atoms with E-state index in [1.54, 1.807) is 30.3 Å². The lowest BCUT2D eigenvalue weighted by Gasteiger charge is -2.11. The number of nitrogens with zero attached hydrogens (tertiary/aromatic N) is 1. The highest BCUT2D eigenvalue weighted by Gasteiger charge is 2.36. The number of rotatable bonds is 4. The van der Waals surface area contributed by atoms with Gasteiger partial charge in [0.1, 0.15) is 15.5 Å². The summed E-state index contributed by atoms with van der Waals surface area (Å²) in [6.07, 6.45) is -9.64. The Morgan fingerprint density at radius 3 is 2.21 bits per heavy atom. The maximum Gasteiger partial charge on any atom is 0.573 e. The fourth-order valence-corrected chi connectivity index (χ4v) is 4.21. The number of nitrogen functional groups attached to an aromatic ring is 1. The quantitative estimate of drug-likeness (QED) is 0.307. The van der Waals surface area contributed by atoms with Gasteiger partial charge in [-0.2, -0.15) is 13.2 Å². The molecule has 4 rings (SSSR count). The van der Waals surface area contributed by atoms with Crippen LogP contribution in [0.4, 0.5) is 37.7 Å². The van der Waals surface area contributed by atoms with Crippen molar-refractivity contribution < 1.29 is 35.9 Å². The van der Waals surface area contributed by atoms with E-state index in [9.17, 15) is 31.1 Å². The van der Waals surface area contributed by atoms with Gasteiger partial charge in [-0.1, -0.05) is 30.3 Å². The second-order valence-corrected chi connectivity index (χ2v) is 7.97. The van der Waals surface area contributed by atoms with Crippen molar-refractivity contribution in [2.75, 3.05) is 11.1 Å². The molecule has 2 aromatic heterocycles. The fraction of sp³-hybridized carbons (Fsp3) is 0.0909. The monoisotopic (exact) mass is 497 g/mol. The van der Waals surface area contributed by atoms with Gasteiger partial charge in [0.25, 0.3) is 5.91 Å². The van der Waals surface area contributed by atoms with Gasteiger partial charge in [0.05, 0.1) is 16.9 Å². The third-order valence-corrected chi connectivity index (χ3v) is 5.72. The van der Waals surface area contributed by atoms with E-state index in [1.165, 1.54) is 0 Å². The number of benzene rings is 2. The Labute approximate surface area is 191 Å². The Bertz CT molecular complexity index is 1350. The molecule has 0 aliphatic carbocycles. The molecule has 0 aliphatic rings. The van der Waals surface area contributed by atoms with Crippen molar-refractivity contribution in [1.29, 1.82) is 0 Å². The van der Waals surface area contributed by atoms with E-state index in [-0.39, 0.29) is 21.1 Å². The number of fused-ring (bicyclic) bond motifs is 1. The van der Waals surface area contributed by atoms with Gasteiger partial charge in [0, 0.05) is 16.6 Å². The number of hydrogen-bond donors (Lipinski definition) is 2. The summed E-state index contributed by atoms with van der Waals surface area (Å²) in [5.74, 6) is -1.33. The Morgan fingerprint density at radius 1 is 0.971 bits per heavy atom. The first-order valence-electron chi connectivity index (χ1n) is 9.45. The van der Waals surface area contributed by atoms with E-state index >= 15 is 0 Å². The molecular weight excluding hydrogens is 484 g/mol. The third kappa shape index (κ3) is 4.91. The first-order chi connectivity index (χ1) is 15.9. The average Bonchev–Trinajstić information content (AvgIpc) is 3.10. The Kier molecular flexibility index (Phi) is 5.86. The predicted molar refractivity (Wildman–Crippen MR) is 116 cm³/mol. The van der Waals surface area contributed by atoms with Crippen LogP contribution in [0, 0.1) is 0 Å². The summed E-state index contributed by atoms with van der Waals surface area (Å²) in [4.78, 5) is 16.7. The Hall–Kier alpha value is -3.80. The number of amides is 1. The minimum atomic E-state index is -4.88. The van der Waals surface area contributed by atoms with Gasteiger partial charge in [-0.15, -0.1) is 24.5 Å². The van der Waals surface area contributed by atoms with Crippen molar-refractivity contribution >= 4 is 38.8 Å². The SMILES string of the molecule is Nc1c(C(=O)Nc2ccc(OC(F)(F)F)cc2)sc2nc(-c3ccccc3)cc(C(F)(F)F)c12. The summed E-state index contributed by atoms with van der Waals surface area (Å²) in [6.45, 7) is 0. The lowest BCUT2D eigenvalue weighted by Crippen LogP contribution is -2.17. The Balaban J connectivity index is 1.71. The van der Waals surface area contributed by atoms with Gasteiger partial charge in [-0.05, 0) is 30.3 Å². The first kappa shape index (κ1) is 23.4. The fourth-order valence-electron chi connectivity index (χ4n) is 3.20. The van der Waals surface area contributed by atoms with Crippen LogP contribution in [-0.2, 0) is 6.18 Å². The second-order valence-electron chi connectivity index (χ2n) is 6.97. The number of carbonyl (C=O) groups excluding carboxylic acids is 1. The summed E-state index contributed by atoms with van der Waals surface area (Å²) >= 11 is 0.680. The number of ether oxygens (including phenoxy) is 1. The molecule has 0 bridgehead atoms. The number of nitrogens with two attached hydrogens (primary N) is 1. The first-order valence-corrected chi connectivity index (χ1v) is 10.3. The molecule has 0 spiro atoms. The van der Waals surface area contributed by atoms with Crippen LogP contribution in [0.15, 0.2) is 60.7 Å². The van der Waals surface area contributed by atoms with E-state index in [2.05, 4.69) is 15.0 Å². The van der Waals surface area contributed by atoms with Crippen LogP contribution in [-0.4, -0.2) is 17.3 Å². The van der Waals surface area contributed by atoms with Crippen LogP contribution < -0.4 is 15.8 Å². The molecule has 0 atom stereocenters. The summed E-state index contributed by atoms with van der Waals surface area (Å²) in [6, 6.07) is 13.4. The topological polar surface area (TPSA) is 77.2 Å². The van der Waals surface area contributed by atoms with Crippen LogP contribution in [0.1, 0.15) is 15.2 Å². The van der Waals surface area contributed by atoms with Crippen LogP contribution in [0.2, 0.25) is 0 Å². The summed E-state index contributed by atoms with van der Waals surface area (Å²) in [5, 5.41) is 2.01. The van der Waals surface area contributed by atoms with Gasteiger partial charge in [-0.3, -0.25) is 4.79 Å². The molecular formula is C22H13F6N3O2S. The van der Waals surface area contributed by atoms with Crippen LogP contribution >= 0.6 is 11.3 Å². The van der Waals surface area contributed by atoms with E-state index in [0.29, 0.717) is 16.9 Å². The van der Waals surface area contributed by atoms with Crippen molar-refractivity contribution in [1.82, 2.24) is 4.98 Å². The van der Waals surface area contributed by atoms with Crippen molar-refractivity contribution in [2.45, 2.75) is 12.5 Å². The van der Waals surface area contributed by atoms with E-state index in [1.807, 2.05) is 0 Å². The molecule has 176 valence electrons. The van der Waals surface area contributed by atoms with Gasteiger partial charge in [0.2, 0.25) is 0 Å². The summed E-state index contributed by atoms with van der Waals surface area (Å²) < 4.78 is 82.1. The van der Waals surface area contributed by atoms with Gasteiger partial charge in [0.15, 0.2) is 0 Å². The molecule has 2 heterocycles. The minimum absolute atomic E-state index is 0.0638. The van der Waals surface area contributed by atoms with Crippen molar-refractivity contribution in [2.24, 2.45) is 0 Å². The highest BCUT2D eigenvalue weighted by atomic mass is 32.1. The van der Waals surface area contributed by atoms with Crippen molar-refractivity contribution in [3.05, 3.63) is 71.1 Å². The van der Waals surface area contributed by atoms with Crippen LogP contribution in [0.3, 0.4) is 0 Å². The number of hydrogen-bond acceptors (Lipinski definition) is 5. The molecule has 1 amide bonds. The molecule has 0 unspecified atom stereocenters. The number of alkyl halides is 6. The second kappa shape index (κ2) is 8.52. The zero-order valence-electron chi connectivity index (χ0n) is 16.8.